The number of rotatable bonds is 5. The normalized spacial score (nSPS) is 12.2. The smallest absolute Gasteiger partial charge is 0.218 e. The molecule has 1 heterocycles. The molecule has 0 aliphatic heterocycles. The SMILES string of the molecule is NC(=O)CC(Cc1ccccc1)c1cncs1. The number of aromatic nitrogens is 1. The lowest BCUT2D eigenvalue weighted by atomic mass is 9.95. The van der Waals surface area contributed by atoms with E-state index in [1.807, 2.05) is 24.4 Å². The van der Waals surface area contributed by atoms with Gasteiger partial charge >= 0.3 is 0 Å². The molecule has 0 aliphatic rings. The van der Waals surface area contributed by atoms with Crippen LogP contribution in [0, 0.1) is 0 Å². The van der Waals surface area contributed by atoms with Crippen molar-refractivity contribution in [3.05, 3.63) is 52.5 Å². The highest BCUT2D eigenvalue weighted by Gasteiger charge is 2.16. The van der Waals surface area contributed by atoms with Gasteiger partial charge in [0.15, 0.2) is 0 Å². The van der Waals surface area contributed by atoms with Gasteiger partial charge in [-0.25, -0.2) is 0 Å². The third-order valence-corrected chi connectivity index (χ3v) is 3.56. The van der Waals surface area contributed by atoms with Crippen LogP contribution >= 0.6 is 11.3 Å². The summed E-state index contributed by atoms with van der Waals surface area (Å²) >= 11 is 1.57. The van der Waals surface area contributed by atoms with Gasteiger partial charge in [0.25, 0.3) is 0 Å². The second-order valence-corrected chi connectivity index (χ2v) is 4.88. The summed E-state index contributed by atoms with van der Waals surface area (Å²) in [5.74, 6) is -0.123. The van der Waals surface area contributed by atoms with E-state index in [-0.39, 0.29) is 11.8 Å². The zero-order chi connectivity index (χ0) is 12.1. The monoisotopic (exact) mass is 246 g/mol. The average Bonchev–Trinajstić information content (AvgIpc) is 2.82. The van der Waals surface area contributed by atoms with Crippen molar-refractivity contribution in [2.24, 2.45) is 5.73 Å². The van der Waals surface area contributed by atoms with Gasteiger partial charge in [-0.3, -0.25) is 9.78 Å². The molecule has 0 saturated heterocycles. The molecule has 4 heteroatoms. The first-order chi connectivity index (χ1) is 8.25. The van der Waals surface area contributed by atoms with E-state index in [0.29, 0.717) is 6.42 Å². The van der Waals surface area contributed by atoms with Crippen molar-refractivity contribution in [2.45, 2.75) is 18.8 Å². The topological polar surface area (TPSA) is 56.0 Å². The zero-order valence-electron chi connectivity index (χ0n) is 9.37. The summed E-state index contributed by atoms with van der Waals surface area (Å²) in [6.45, 7) is 0. The summed E-state index contributed by atoms with van der Waals surface area (Å²) in [6.07, 6.45) is 3.02. The Hall–Kier alpha value is -1.68. The number of primary amides is 1. The Morgan fingerprint density at radius 1 is 1.35 bits per heavy atom. The van der Waals surface area contributed by atoms with Crippen molar-refractivity contribution in [1.82, 2.24) is 4.98 Å². The molecule has 0 fully saturated rings. The van der Waals surface area contributed by atoms with Crippen LogP contribution in [0.1, 0.15) is 22.8 Å². The van der Waals surface area contributed by atoms with Crippen molar-refractivity contribution >= 4 is 17.2 Å². The van der Waals surface area contributed by atoms with Gasteiger partial charge in [0.05, 0.1) is 5.51 Å². The first-order valence-corrected chi connectivity index (χ1v) is 6.34. The number of hydrogen-bond donors (Lipinski definition) is 1. The van der Waals surface area contributed by atoms with E-state index in [4.69, 9.17) is 5.73 Å². The summed E-state index contributed by atoms with van der Waals surface area (Å²) in [7, 11) is 0. The number of carbonyl (C=O) groups excluding carboxylic acids is 1. The third kappa shape index (κ3) is 3.39. The highest BCUT2D eigenvalue weighted by Crippen LogP contribution is 2.26. The second kappa shape index (κ2) is 5.59. The van der Waals surface area contributed by atoms with Gasteiger partial charge < -0.3 is 5.73 Å². The molecule has 17 heavy (non-hydrogen) atoms. The van der Waals surface area contributed by atoms with Gasteiger partial charge in [-0.15, -0.1) is 11.3 Å². The minimum Gasteiger partial charge on any atom is -0.370 e. The van der Waals surface area contributed by atoms with Gasteiger partial charge in [-0.05, 0) is 12.0 Å². The second-order valence-electron chi connectivity index (χ2n) is 3.96. The van der Waals surface area contributed by atoms with Crippen molar-refractivity contribution in [2.75, 3.05) is 0 Å². The summed E-state index contributed by atoms with van der Waals surface area (Å²) in [5, 5.41) is 0. The Bertz CT molecular complexity index is 467. The molecule has 0 saturated carbocycles. The van der Waals surface area contributed by atoms with Crippen LogP contribution in [0.25, 0.3) is 0 Å². The molecule has 0 aliphatic carbocycles. The minimum absolute atomic E-state index is 0.141. The first kappa shape index (κ1) is 11.8. The Morgan fingerprint density at radius 2 is 2.12 bits per heavy atom. The van der Waals surface area contributed by atoms with E-state index >= 15 is 0 Å². The third-order valence-electron chi connectivity index (χ3n) is 2.63. The van der Waals surface area contributed by atoms with Gasteiger partial charge in [-0.2, -0.15) is 0 Å². The average molecular weight is 246 g/mol. The minimum atomic E-state index is -0.265. The van der Waals surface area contributed by atoms with E-state index in [1.165, 1.54) is 5.56 Å². The maximum atomic E-state index is 11.1. The maximum absolute atomic E-state index is 11.1. The molecule has 2 N–H and O–H groups in total. The van der Waals surface area contributed by atoms with Crippen LogP contribution in [-0.4, -0.2) is 10.9 Å². The predicted molar refractivity (Wildman–Crippen MR) is 68.8 cm³/mol. The predicted octanol–water partition coefficient (Wildman–Crippen LogP) is 2.34. The van der Waals surface area contributed by atoms with E-state index in [2.05, 4.69) is 17.1 Å². The van der Waals surface area contributed by atoms with E-state index in [9.17, 15) is 4.79 Å². The van der Waals surface area contributed by atoms with Crippen LogP contribution in [0.4, 0.5) is 0 Å². The Kier molecular flexibility index (Phi) is 3.88. The van der Waals surface area contributed by atoms with Crippen LogP contribution < -0.4 is 5.73 Å². The highest BCUT2D eigenvalue weighted by atomic mass is 32.1. The molecule has 3 nitrogen and oxygen atoms in total. The van der Waals surface area contributed by atoms with Crippen molar-refractivity contribution in [3.63, 3.8) is 0 Å². The summed E-state index contributed by atoms with van der Waals surface area (Å²) in [6, 6.07) is 10.1. The molecule has 1 atom stereocenters. The number of nitrogens with zero attached hydrogens (tertiary/aromatic N) is 1. The molecule has 88 valence electrons. The van der Waals surface area contributed by atoms with Gasteiger partial charge in [-0.1, -0.05) is 30.3 Å². The van der Waals surface area contributed by atoms with Crippen LogP contribution in [0.3, 0.4) is 0 Å². The van der Waals surface area contributed by atoms with Crippen molar-refractivity contribution < 1.29 is 4.79 Å². The standard InChI is InChI=1S/C13H14N2OS/c14-13(16)7-11(12-8-15-9-17-12)6-10-4-2-1-3-5-10/h1-5,8-9,11H,6-7H2,(H2,14,16). The van der Waals surface area contributed by atoms with E-state index in [1.54, 1.807) is 16.8 Å². The lowest BCUT2D eigenvalue weighted by Gasteiger charge is -2.13. The quantitative estimate of drug-likeness (QED) is 0.880. The van der Waals surface area contributed by atoms with Crippen molar-refractivity contribution in [3.8, 4) is 0 Å². The lowest BCUT2D eigenvalue weighted by molar-refractivity contribution is -0.118. The van der Waals surface area contributed by atoms with Crippen molar-refractivity contribution in [1.29, 1.82) is 0 Å². The number of hydrogen-bond acceptors (Lipinski definition) is 3. The molecule has 2 rings (SSSR count). The number of thiazole rings is 1. The zero-order valence-corrected chi connectivity index (χ0v) is 10.2. The summed E-state index contributed by atoms with van der Waals surface area (Å²) < 4.78 is 0. The molecule has 2 aromatic rings. The largest absolute Gasteiger partial charge is 0.370 e. The highest BCUT2D eigenvalue weighted by molar-refractivity contribution is 7.09. The number of nitrogens with two attached hydrogens (primary N) is 1. The van der Waals surface area contributed by atoms with Crippen LogP contribution in [0.15, 0.2) is 42.0 Å². The van der Waals surface area contributed by atoms with E-state index in [0.717, 1.165) is 11.3 Å². The molecule has 0 radical (unpaired) electrons. The molecule has 0 spiro atoms. The van der Waals surface area contributed by atoms with Gasteiger partial charge in [0.1, 0.15) is 0 Å². The van der Waals surface area contributed by atoms with Crippen LogP contribution in [0.2, 0.25) is 0 Å². The Morgan fingerprint density at radius 3 is 2.71 bits per heavy atom. The fraction of sp³-hybridized carbons (Fsp3) is 0.231. The fourth-order valence-electron chi connectivity index (χ4n) is 1.84. The van der Waals surface area contributed by atoms with E-state index < -0.39 is 0 Å². The fourth-order valence-corrected chi connectivity index (χ4v) is 2.57. The number of benzene rings is 1. The maximum Gasteiger partial charge on any atom is 0.218 e. The molecule has 1 unspecified atom stereocenters. The number of carbonyl (C=O) groups is 1. The molecule has 1 aromatic heterocycles. The Balaban J connectivity index is 2.14. The van der Waals surface area contributed by atoms with Crippen LogP contribution in [0.5, 0.6) is 0 Å². The summed E-state index contributed by atoms with van der Waals surface area (Å²) in [5.41, 5.74) is 8.30. The lowest BCUT2D eigenvalue weighted by Crippen LogP contribution is -2.16. The molecular formula is C13H14N2OS. The molecule has 1 amide bonds. The van der Waals surface area contributed by atoms with Crippen LogP contribution in [-0.2, 0) is 11.2 Å². The van der Waals surface area contributed by atoms with Gasteiger partial charge in [0, 0.05) is 23.4 Å². The number of amides is 1. The first-order valence-electron chi connectivity index (χ1n) is 5.46. The van der Waals surface area contributed by atoms with Gasteiger partial charge in [0.2, 0.25) is 5.91 Å². The Labute approximate surface area is 104 Å². The summed E-state index contributed by atoms with van der Waals surface area (Å²) in [4.78, 5) is 16.3. The molecule has 0 bridgehead atoms. The molecular weight excluding hydrogens is 232 g/mol. The molecule has 1 aromatic carbocycles.